The second-order valence-electron chi connectivity index (χ2n) is 4.48. The number of esters is 1. The summed E-state index contributed by atoms with van der Waals surface area (Å²) < 4.78 is 9.89. The Morgan fingerprint density at radius 2 is 1.79 bits per heavy atom. The van der Waals surface area contributed by atoms with Crippen LogP contribution in [0.2, 0.25) is 0 Å². The van der Waals surface area contributed by atoms with Crippen molar-refractivity contribution >= 4 is 11.8 Å². The average Bonchev–Trinajstić information content (AvgIpc) is 2.41. The first-order valence-electron chi connectivity index (χ1n) is 6.23. The van der Waals surface area contributed by atoms with E-state index >= 15 is 0 Å². The van der Waals surface area contributed by atoms with Crippen LogP contribution in [0.5, 0.6) is 5.75 Å². The fraction of sp³-hybridized carbons (Fsp3) is 0.467. The van der Waals surface area contributed by atoms with Gasteiger partial charge < -0.3 is 9.47 Å². The number of carbonyl (C=O) groups excluding carboxylic acids is 2. The minimum atomic E-state index is -0.739. The highest BCUT2D eigenvalue weighted by Crippen LogP contribution is 2.25. The molecule has 4 nitrogen and oxygen atoms in total. The molecule has 0 spiro atoms. The molecule has 19 heavy (non-hydrogen) atoms. The van der Waals surface area contributed by atoms with E-state index in [9.17, 15) is 9.59 Å². The summed E-state index contributed by atoms with van der Waals surface area (Å²) in [4.78, 5) is 24.0. The molecular formula is C15H20O4. The van der Waals surface area contributed by atoms with E-state index in [-0.39, 0.29) is 5.78 Å². The predicted octanol–water partition coefficient (Wildman–Crippen LogP) is 2.69. The Morgan fingerprint density at radius 3 is 2.26 bits per heavy atom. The van der Waals surface area contributed by atoms with Gasteiger partial charge in [0.05, 0.1) is 14.2 Å². The van der Waals surface area contributed by atoms with Crippen LogP contribution in [0.3, 0.4) is 0 Å². The standard InChI is InChI=1S/C15H20O4/c1-6-11(15(17)19-5)14(16)12-7-10(3)13(18-4)8-9(12)2/h7-8,11H,6H2,1-5H3. The summed E-state index contributed by atoms with van der Waals surface area (Å²) in [5.41, 5.74) is 2.22. The van der Waals surface area contributed by atoms with E-state index in [0.717, 1.165) is 16.9 Å². The fourth-order valence-corrected chi connectivity index (χ4v) is 2.06. The Hall–Kier alpha value is -1.84. The first kappa shape index (κ1) is 15.2. The van der Waals surface area contributed by atoms with Crippen LogP contribution in [0.4, 0.5) is 0 Å². The molecular weight excluding hydrogens is 244 g/mol. The summed E-state index contributed by atoms with van der Waals surface area (Å²) in [6.45, 7) is 5.50. The number of hydrogen-bond acceptors (Lipinski definition) is 4. The molecule has 0 N–H and O–H groups in total. The number of Topliss-reactive ketones (excluding diaryl/α,β-unsaturated/α-hetero) is 1. The van der Waals surface area contributed by atoms with Crippen molar-refractivity contribution < 1.29 is 19.1 Å². The van der Waals surface area contributed by atoms with E-state index < -0.39 is 11.9 Å². The van der Waals surface area contributed by atoms with Gasteiger partial charge in [0.15, 0.2) is 5.78 Å². The van der Waals surface area contributed by atoms with E-state index in [1.165, 1.54) is 7.11 Å². The number of benzene rings is 1. The van der Waals surface area contributed by atoms with Crippen molar-refractivity contribution in [3.8, 4) is 5.75 Å². The lowest BCUT2D eigenvalue weighted by Crippen LogP contribution is -2.25. The van der Waals surface area contributed by atoms with Gasteiger partial charge in [0, 0.05) is 5.56 Å². The Morgan fingerprint density at radius 1 is 1.16 bits per heavy atom. The van der Waals surface area contributed by atoms with Crippen molar-refractivity contribution in [2.45, 2.75) is 27.2 Å². The summed E-state index contributed by atoms with van der Waals surface area (Å²) in [5.74, 6) is -0.686. The first-order chi connectivity index (χ1) is 8.96. The molecule has 1 aromatic rings. The molecule has 1 atom stereocenters. The number of rotatable bonds is 5. The van der Waals surface area contributed by atoms with Crippen molar-refractivity contribution in [3.05, 3.63) is 28.8 Å². The molecule has 0 fully saturated rings. The van der Waals surface area contributed by atoms with Crippen LogP contribution >= 0.6 is 0 Å². The second kappa shape index (κ2) is 6.36. The van der Waals surface area contributed by atoms with Crippen LogP contribution in [-0.4, -0.2) is 26.0 Å². The third kappa shape index (κ3) is 3.13. The van der Waals surface area contributed by atoms with Crippen LogP contribution in [0, 0.1) is 19.8 Å². The topological polar surface area (TPSA) is 52.6 Å². The SMILES string of the molecule is CCC(C(=O)OC)C(=O)c1cc(C)c(OC)cc1C. The molecule has 1 rings (SSSR count). The molecule has 0 saturated heterocycles. The molecule has 0 aliphatic heterocycles. The van der Waals surface area contributed by atoms with E-state index in [1.54, 1.807) is 20.1 Å². The summed E-state index contributed by atoms with van der Waals surface area (Å²) in [5, 5.41) is 0. The second-order valence-corrected chi connectivity index (χ2v) is 4.48. The number of hydrogen-bond donors (Lipinski definition) is 0. The maximum absolute atomic E-state index is 12.4. The molecule has 104 valence electrons. The predicted molar refractivity (Wildman–Crippen MR) is 72.6 cm³/mol. The smallest absolute Gasteiger partial charge is 0.316 e. The van der Waals surface area contributed by atoms with E-state index in [0.29, 0.717) is 12.0 Å². The van der Waals surface area contributed by atoms with Gasteiger partial charge in [0.25, 0.3) is 0 Å². The van der Waals surface area contributed by atoms with Gasteiger partial charge in [-0.1, -0.05) is 6.92 Å². The van der Waals surface area contributed by atoms with Gasteiger partial charge in [-0.25, -0.2) is 0 Å². The number of ether oxygens (including phenoxy) is 2. The van der Waals surface area contributed by atoms with Crippen molar-refractivity contribution in [2.24, 2.45) is 5.92 Å². The molecule has 1 unspecified atom stereocenters. The summed E-state index contributed by atoms with van der Waals surface area (Å²) in [6, 6.07) is 3.58. The lowest BCUT2D eigenvalue weighted by molar-refractivity contribution is -0.143. The highest BCUT2D eigenvalue weighted by atomic mass is 16.5. The average molecular weight is 264 g/mol. The molecule has 0 heterocycles. The highest BCUT2D eigenvalue weighted by Gasteiger charge is 2.28. The summed E-state index contributed by atoms with van der Waals surface area (Å²) in [6.07, 6.45) is 0.427. The quantitative estimate of drug-likeness (QED) is 0.466. The minimum absolute atomic E-state index is 0.197. The van der Waals surface area contributed by atoms with Crippen LogP contribution in [0.25, 0.3) is 0 Å². The third-order valence-electron chi connectivity index (χ3n) is 3.22. The largest absolute Gasteiger partial charge is 0.496 e. The number of carbonyl (C=O) groups is 2. The Labute approximate surface area is 113 Å². The first-order valence-corrected chi connectivity index (χ1v) is 6.23. The molecule has 0 aliphatic carbocycles. The van der Waals surface area contributed by atoms with Crippen LogP contribution in [0.15, 0.2) is 12.1 Å². The minimum Gasteiger partial charge on any atom is -0.496 e. The zero-order valence-corrected chi connectivity index (χ0v) is 12.1. The van der Waals surface area contributed by atoms with Gasteiger partial charge in [0.1, 0.15) is 11.7 Å². The molecule has 0 bridgehead atoms. The van der Waals surface area contributed by atoms with Crippen LogP contribution < -0.4 is 4.74 Å². The lowest BCUT2D eigenvalue weighted by atomic mass is 9.91. The monoisotopic (exact) mass is 264 g/mol. The molecule has 0 aromatic heterocycles. The molecule has 0 amide bonds. The zero-order chi connectivity index (χ0) is 14.6. The van der Waals surface area contributed by atoms with E-state index in [1.807, 2.05) is 19.9 Å². The maximum Gasteiger partial charge on any atom is 0.316 e. The Balaban J connectivity index is 3.19. The zero-order valence-electron chi connectivity index (χ0n) is 12.1. The van der Waals surface area contributed by atoms with Crippen molar-refractivity contribution in [1.82, 2.24) is 0 Å². The van der Waals surface area contributed by atoms with Crippen LogP contribution in [0.1, 0.15) is 34.8 Å². The number of methoxy groups -OCH3 is 2. The molecule has 0 radical (unpaired) electrons. The van der Waals surface area contributed by atoms with Crippen molar-refractivity contribution in [3.63, 3.8) is 0 Å². The van der Waals surface area contributed by atoms with Gasteiger partial charge in [-0.3, -0.25) is 9.59 Å². The van der Waals surface area contributed by atoms with Gasteiger partial charge >= 0.3 is 5.97 Å². The van der Waals surface area contributed by atoms with Crippen LogP contribution in [-0.2, 0) is 9.53 Å². The highest BCUT2D eigenvalue weighted by molar-refractivity contribution is 6.09. The number of ketones is 1. The molecule has 0 aliphatic rings. The third-order valence-corrected chi connectivity index (χ3v) is 3.22. The molecule has 1 aromatic carbocycles. The normalized spacial score (nSPS) is 11.8. The van der Waals surface area contributed by atoms with Gasteiger partial charge in [-0.2, -0.15) is 0 Å². The van der Waals surface area contributed by atoms with Crippen molar-refractivity contribution in [2.75, 3.05) is 14.2 Å². The van der Waals surface area contributed by atoms with Gasteiger partial charge in [-0.05, 0) is 43.5 Å². The molecule has 0 saturated carbocycles. The fourth-order valence-electron chi connectivity index (χ4n) is 2.06. The van der Waals surface area contributed by atoms with E-state index in [2.05, 4.69) is 4.74 Å². The summed E-state index contributed by atoms with van der Waals surface area (Å²) >= 11 is 0. The van der Waals surface area contributed by atoms with E-state index in [4.69, 9.17) is 4.74 Å². The van der Waals surface area contributed by atoms with Gasteiger partial charge in [0.2, 0.25) is 0 Å². The Bertz CT molecular complexity index is 491. The Kier molecular flexibility index (Phi) is 5.10. The number of aryl methyl sites for hydroxylation is 2. The van der Waals surface area contributed by atoms with Crippen molar-refractivity contribution in [1.29, 1.82) is 0 Å². The summed E-state index contributed by atoms with van der Waals surface area (Å²) in [7, 11) is 2.89. The lowest BCUT2D eigenvalue weighted by Gasteiger charge is -2.15. The molecule has 4 heteroatoms. The van der Waals surface area contributed by atoms with Gasteiger partial charge in [-0.15, -0.1) is 0 Å². The maximum atomic E-state index is 12.4.